The van der Waals surface area contributed by atoms with Gasteiger partial charge in [0.15, 0.2) is 16.9 Å². The van der Waals surface area contributed by atoms with Crippen molar-refractivity contribution in [2.75, 3.05) is 5.73 Å². The molecular weight excluding hydrogens is 266 g/mol. The molecule has 5 N–H and O–H groups in total. The van der Waals surface area contributed by atoms with Crippen LogP contribution in [0.3, 0.4) is 0 Å². The summed E-state index contributed by atoms with van der Waals surface area (Å²) in [4.78, 5) is 12.3. The summed E-state index contributed by atoms with van der Waals surface area (Å²) in [5.41, 5.74) is 5.06. The zero-order chi connectivity index (χ0) is 13.7. The molecule has 0 aliphatic carbocycles. The highest BCUT2D eigenvalue weighted by Gasteiger charge is 2.20. The number of anilines is 1. The molecule has 0 unspecified atom stereocenters. The highest BCUT2D eigenvalue weighted by Crippen LogP contribution is 2.47. The van der Waals surface area contributed by atoms with Crippen molar-refractivity contribution in [3.63, 3.8) is 0 Å². The highest BCUT2D eigenvalue weighted by atomic mass is 32.1. The first-order valence-electron chi connectivity index (χ1n) is 5.40. The molecule has 0 saturated heterocycles. The van der Waals surface area contributed by atoms with Gasteiger partial charge >= 0.3 is 0 Å². The number of phenols is 3. The van der Waals surface area contributed by atoms with Gasteiger partial charge in [0.2, 0.25) is 5.75 Å². The van der Waals surface area contributed by atoms with E-state index in [2.05, 4.69) is 0 Å². The third-order valence-corrected chi connectivity index (χ3v) is 4.16. The van der Waals surface area contributed by atoms with Gasteiger partial charge in [0, 0.05) is 10.1 Å². The molecule has 0 fully saturated rings. The number of fused-ring (bicyclic) bond motifs is 2. The molecule has 3 aromatic rings. The zero-order valence-corrected chi connectivity index (χ0v) is 10.4. The van der Waals surface area contributed by atoms with Crippen LogP contribution < -0.4 is 11.2 Å². The molecule has 19 heavy (non-hydrogen) atoms. The molecule has 5 nitrogen and oxygen atoms in total. The van der Waals surface area contributed by atoms with E-state index < -0.39 is 17.2 Å². The smallest absolute Gasteiger partial charge is 0.204 e. The van der Waals surface area contributed by atoms with E-state index in [4.69, 9.17) is 5.73 Å². The minimum absolute atomic E-state index is 0.0245. The molecule has 0 saturated carbocycles. The average molecular weight is 275 g/mol. The fourth-order valence-electron chi connectivity index (χ4n) is 2.02. The number of aromatic hydroxyl groups is 3. The van der Waals surface area contributed by atoms with Crippen LogP contribution in [0.4, 0.5) is 5.69 Å². The van der Waals surface area contributed by atoms with Crippen molar-refractivity contribution < 1.29 is 15.3 Å². The lowest BCUT2D eigenvalue weighted by atomic mass is 10.1. The molecule has 0 radical (unpaired) electrons. The third kappa shape index (κ3) is 1.43. The van der Waals surface area contributed by atoms with Crippen molar-refractivity contribution >= 4 is 37.2 Å². The van der Waals surface area contributed by atoms with Crippen LogP contribution >= 0.6 is 11.3 Å². The van der Waals surface area contributed by atoms with Gasteiger partial charge in [-0.15, -0.1) is 11.3 Å². The van der Waals surface area contributed by atoms with E-state index >= 15 is 0 Å². The van der Waals surface area contributed by atoms with Crippen molar-refractivity contribution in [1.29, 1.82) is 0 Å². The van der Waals surface area contributed by atoms with Crippen LogP contribution in [0.15, 0.2) is 29.1 Å². The van der Waals surface area contributed by atoms with Crippen LogP contribution in [0.5, 0.6) is 17.2 Å². The van der Waals surface area contributed by atoms with Crippen molar-refractivity contribution in [3.05, 3.63) is 34.5 Å². The van der Waals surface area contributed by atoms with Gasteiger partial charge in [0.25, 0.3) is 0 Å². The second kappa shape index (κ2) is 3.76. The Morgan fingerprint density at radius 3 is 2.42 bits per heavy atom. The largest absolute Gasteiger partial charge is 0.503 e. The van der Waals surface area contributed by atoms with E-state index in [1.807, 2.05) is 0 Å². The van der Waals surface area contributed by atoms with E-state index in [1.54, 1.807) is 24.3 Å². The zero-order valence-electron chi connectivity index (χ0n) is 9.54. The summed E-state index contributed by atoms with van der Waals surface area (Å²) in [5.74, 6) is -1.92. The van der Waals surface area contributed by atoms with Crippen molar-refractivity contribution in [3.8, 4) is 17.2 Å². The SMILES string of the molecule is Nc1c(O)c(O)c(O)c2sc3ccccc3c(=O)c12. The van der Waals surface area contributed by atoms with Crippen LogP contribution in [0, 0.1) is 0 Å². The summed E-state index contributed by atoms with van der Waals surface area (Å²) >= 11 is 1.13. The maximum atomic E-state index is 12.3. The lowest BCUT2D eigenvalue weighted by Gasteiger charge is -2.09. The Morgan fingerprint density at radius 1 is 1.00 bits per heavy atom. The Kier molecular flexibility index (Phi) is 2.30. The van der Waals surface area contributed by atoms with Crippen LogP contribution in [0.2, 0.25) is 0 Å². The monoisotopic (exact) mass is 275 g/mol. The molecule has 0 spiro atoms. The Balaban J connectivity index is 2.71. The highest BCUT2D eigenvalue weighted by molar-refractivity contribution is 7.25. The molecule has 0 atom stereocenters. The van der Waals surface area contributed by atoms with Gasteiger partial charge < -0.3 is 21.1 Å². The molecule has 96 valence electrons. The molecule has 0 bridgehead atoms. The fourth-order valence-corrected chi connectivity index (χ4v) is 3.15. The van der Waals surface area contributed by atoms with E-state index in [0.29, 0.717) is 10.1 Å². The first-order valence-corrected chi connectivity index (χ1v) is 6.22. The molecule has 0 aliphatic heterocycles. The second-order valence-corrected chi connectivity index (χ2v) is 5.14. The predicted octanol–water partition coefficient (Wildman–Crippen LogP) is 2.11. The van der Waals surface area contributed by atoms with E-state index in [-0.39, 0.29) is 21.2 Å². The van der Waals surface area contributed by atoms with Crippen LogP contribution in [-0.2, 0) is 0 Å². The quantitative estimate of drug-likeness (QED) is 0.218. The number of phenolic OH excluding ortho intramolecular Hbond substituents is 3. The van der Waals surface area contributed by atoms with E-state index in [9.17, 15) is 20.1 Å². The Labute approximate surface area is 110 Å². The average Bonchev–Trinajstić information content (AvgIpc) is 2.43. The predicted molar refractivity (Wildman–Crippen MR) is 75.0 cm³/mol. The number of nitrogens with two attached hydrogens (primary N) is 1. The Hall–Kier alpha value is -2.47. The number of hydrogen-bond donors (Lipinski definition) is 4. The molecule has 3 rings (SSSR count). The van der Waals surface area contributed by atoms with Crippen molar-refractivity contribution in [1.82, 2.24) is 0 Å². The topological polar surface area (TPSA) is 104 Å². The minimum atomic E-state index is -0.712. The minimum Gasteiger partial charge on any atom is -0.503 e. The number of benzene rings is 2. The summed E-state index contributed by atoms with van der Waals surface area (Å²) < 4.78 is 0.830. The molecule has 2 aromatic carbocycles. The summed E-state index contributed by atoms with van der Waals surface area (Å²) in [7, 11) is 0. The second-order valence-electron chi connectivity index (χ2n) is 4.09. The molecule has 0 aliphatic rings. The van der Waals surface area contributed by atoms with Crippen LogP contribution in [0.1, 0.15) is 0 Å². The standard InChI is InChI=1S/C13H9NO4S/c14-8-7-9(15)5-3-1-2-4-6(5)19-13(7)12(18)11(17)10(8)16/h1-4,16-18H,14H2. The van der Waals surface area contributed by atoms with Crippen molar-refractivity contribution in [2.24, 2.45) is 0 Å². The summed E-state index contributed by atoms with van der Waals surface area (Å²) in [5, 5.41) is 29.5. The van der Waals surface area contributed by atoms with Gasteiger partial charge in [-0.1, -0.05) is 12.1 Å². The van der Waals surface area contributed by atoms with Gasteiger partial charge in [-0.3, -0.25) is 4.79 Å². The number of rotatable bonds is 0. The Morgan fingerprint density at radius 2 is 1.68 bits per heavy atom. The Bertz CT molecular complexity index is 885. The lowest BCUT2D eigenvalue weighted by molar-refractivity contribution is 0.373. The summed E-state index contributed by atoms with van der Waals surface area (Å²) in [6, 6.07) is 6.87. The molecule has 1 aromatic heterocycles. The van der Waals surface area contributed by atoms with Gasteiger partial charge in [-0.25, -0.2) is 0 Å². The number of hydrogen-bond acceptors (Lipinski definition) is 6. The van der Waals surface area contributed by atoms with Crippen LogP contribution in [-0.4, -0.2) is 15.3 Å². The molecule has 6 heteroatoms. The van der Waals surface area contributed by atoms with Gasteiger partial charge in [-0.2, -0.15) is 0 Å². The summed E-state index contributed by atoms with van der Waals surface area (Å²) in [6.45, 7) is 0. The van der Waals surface area contributed by atoms with E-state index in [0.717, 1.165) is 11.3 Å². The van der Waals surface area contributed by atoms with Crippen molar-refractivity contribution in [2.45, 2.75) is 0 Å². The van der Waals surface area contributed by atoms with Gasteiger partial charge in [-0.05, 0) is 12.1 Å². The third-order valence-electron chi connectivity index (χ3n) is 2.99. The first kappa shape index (κ1) is 11.6. The normalized spacial score (nSPS) is 11.2. The lowest BCUT2D eigenvalue weighted by Crippen LogP contribution is -2.04. The van der Waals surface area contributed by atoms with Gasteiger partial charge in [0.1, 0.15) is 0 Å². The van der Waals surface area contributed by atoms with E-state index in [1.165, 1.54) is 0 Å². The maximum absolute atomic E-state index is 12.3. The summed E-state index contributed by atoms with van der Waals surface area (Å²) in [6.07, 6.45) is 0. The van der Waals surface area contributed by atoms with Crippen LogP contribution in [0.25, 0.3) is 20.2 Å². The number of nitrogen functional groups attached to an aromatic ring is 1. The molecular formula is C13H9NO4S. The van der Waals surface area contributed by atoms with Gasteiger partial charge in [0.05, 0.1) is 15.8 Å². The fraction of sp³-hybridized carbons (Fsp3) is 0. The molecule has 1 heterocycles. The maximum Gasteiger partial charge on any atom is 0.204 e. The first-order chi connectivity index (χ1) is 9.02. The molecule has 0 amide bonds.